The van der Waals surface area contributed by atoms with E-state index in [1.54, 1.807) is 19.3 Å². The van der Waals surface area contributed by atoms with Crippen molar-refractivity contribution >= 4 is 11.7 Å². The number of nitrogens with one attached hydrogen (secondary N) is 3. The van der Waals surface area contributed by atoms with Crippen LogP contribution in [0, 0.1) is 10.8 Å². The Hall–Kier alpha value is -3.50. The van der Waals surface area contributed by atoms with Crippen LogP contribution in [0.3, 0.4) is 0 Å². The number of allylic oxidation sites excluding steroid dienone is 1. The van der Waals surface area contributed by atoms with Crippen LogP contribution in [-0.4, -0.2) is 81.6 Å². The zero-order chi connectivity index (χ0) is 27.5. The predicted molar refractivity (Wildman–Crippen MR) is 150 cm³/mol. The molecule has 10 nitrogen and oxygen atoms in total. The zero-order valence-corrected chi connectivity index (χ0v) is 22.6. The van der Waals surface area contributed by atoms with Crippen molar-refractivity contribution in [2.75, 3.05) is 39.8 Å². The molecular weight excluding hydrogens is 494 g/mol. The van der Waals surface area contributed by atoms with Gasteiger partial charge in [0.25, 0.3) is 5.56 Å². The fraction of sp³-hybridized carbons (Fsp3) is 0.517. The van der Waals surface area contributed by atoms with Gasteiger partial charge >= 0.3 is 6.03 Å². The smallest absolute Gasteiger partial charge is 0.320 e. The molecule has 2 aromatic rings. The molecule has 1 spiro atoms. The molecule has 1 aromatic carbocycles. The van der Waals surface area contributed by atoms with E-state index in [-0.39, 0.29) is 35.6 Å². The number of rotatable bonds is 6. The maximum absolute atomic E-state index is 13.9. The number of piperazine rings is 1. The van der Waals surface area contributed by atoms with Gasteiger partial charge < -0.3 is 25.5 Å². The highest BCUT2D eigenvalue weighted by atomic mass is 16.3. The standard InChI is InChI=1S/C29H39N7O3/c1-31-13-9-23(30)24-17-26(37)35(21-33-24)20-29(39)12-15-34(19-28(29)10-5-6-11-28)27(38)36-16-14-32-18-25(36)22-7-3-2-4-8-22/h2-4,7-9,13,17,21,25,30-32,39H,5-6,10-12,14-16,18-20H2,1H3/b13-9-,30-23?/t25-,29+/m0/s1. The molecule has 1 saturated carbocycles. The molecule has 2 atom stereocenters. The van der Waals surface area contributed by atoms with Crippen LogP contribution in [0.15, 0.2) is 59.8 Å². The summed E-state index contributed by atoms with van der Waals surface area (Å²) in [6, 6.07) is 11.5. The number of carbonyl (C=O) groups is 1. The lowest BCUT2D eigenvalue weighted by Crippen LogP contribution is -2.64. The summed E-state index contributed by atoms with van der Waals surface area (Å²) < 4.78 is 1.46. The molecule has 4 N–H and O–H groups in total. The van der Waals surface area contributed by atoms with Crippen molar-refractivity contribution in [1.82, 2.24) is 30.0 Å². The Morgan fingerprint density at radius 3 is 2.72 bits per heavy atom. The molecule has 3 heterocycles. The van der Waals surface area contributed by atoms with Crippen molar-refractivity contribution in [3.63, 3.8) is 0 Å². The number of likely N-dealkylation sites (tertiary alicyclic amines) is 1. The lowest BCUT2D eigenvalue weighted by Gasteiger charge is -2.53. The van der Waals surface area contributed by atoms with Gasteiger partial charge in [-0.2, -0.15) is 0 Å². The first kappa shape index (κ1) is 27.1. The van der Waals surface area contributed by atoms with E-state index < -0.39 is 11.0 Å². The van der Waals surface area contributed by atoms with Gasteiger partial charge in [0.15, 0.2) is 0 Å². The minimum Gasteiger partial charge on any atom is -0.394 e. The lowest BCUT2D eigenvalue weighted by atomic mass is 9.66. The summed E-state index contributed by atoms with van der Waals surface area (Å²) in [5, 5.41) is 26.5. The third-order valence-electron chi connectivity index (χ3n) is 8.78. The van der Waals surface area contributed by atoms with E-state index in [0.717, 1.165) is 37.8 Å². The molecule has 3 aliphatic rings. The second kappa shape index (κ2) is 11.3. The highest BCUT2D eigenvalue weighted by Crippen LogP contribution is 2.51. The number of aromatic nitrogens is 2. The number of nitrogens with zero attached hydrogens (tertiary/aromatic N) is 4. The first-order valence-electron chi connectivity index (χ1n) is 13.9. The topological polar surface area (TPSA) is 127 Å². The zero-order valence-electron chi connectivity index (χ0n) is 22.6. The monoisotopic (exact) mass is 533 g/mol. The molecule has 2 amide bonds. The van der Waals surface area contributed by atoms with E-state index in [1.165, 1.54) is 17.0 Å². The van der Waals surface area contributed by atoms with Gasteiger partial charge in [-0.05, 0) is 37.1 Å². The van der Waals surface area contributed by atoms with Crippen LogP contribution in [0.2, 0.25) is 0 Å². The Balaban J connectivity index is 1.35. The van der Waals surface area contributed by atoms with E-state index >= 15 is 0 Å². The van der Waals surface area contributed by atoms with E-state index in [4.69, 9.17) is 5.41 Å². The first-order chi connectivity index (χ1) is 18.9. The summed E-state index contributed by atoms with van der Waals surface area (Å²) in [5.74, 6) is 0. The van der Waals surface area contributed by atoms with E-state index in [2.05, 4.69) is 27.8 Å². The highest BCUT2D eigenvalue weighted by Gasteiger charge is 2.56. The Morgan fingerprint density at radius 1 is 1.23 bits per heavy atom. The average molecular weight is 534 g/mol. The SMILES string of the molecule is CN/C=C\C(=N)c1cc(=O)n(C[C@]2(O)CCN(C(=O)N3CCNC[C@H]3c3ccccc3)CC23CCCC3)cn1. The van der Waals surface area contributed by atoms with Crippen LogP contribution in [0.4, 0.5) is 4.79 Å². The molecule has 208 valence electrons. The average Bonchev–Trinajstić information content (AvgIpc) is 3.44. The Labute approximate surface area is 229 Å². The van der Waals surface area contributed by atoms with Crippen LogP contribution in [0.1, 0.15) is 49.4 Å². The van der Waals surface area contributed by atoms with Gasteiger partial charge in [0.1, 0.15) is 0 Å². The quantitative estimate of drug-likeness (QED) is 0.422. The van der Waals surface area contributed by atoms with Gasteiger partial charge in [-0.1, -0.05) is 43.2 Å². The molecular formula is C29H39N7O3. The molecule has 0 bridgehead atoms. The lowest BCUT2D eigenvalue weighted by molar-refractivity contribution is -0.137. The second-order valence-corrected chi connectivity index (χ2v) is 11.1. The largest absolute Gasteiger partial charge is 0.394 e. The van der Waals surface area contributed by atoms with E-state index in [9.17, 15) is 14.7 Å². The fourth-order valence-electron chi connectivity index (χ4n) is 6.58. The Bertz CT molecular complexity index is 1270. The number of urea groups is 1. The second-order valence-electron chi connectivity index (χ2n) is 11.1. The van der Waals surface area contributed by atoms with Crippen molar-refractivity contribution in [1.29, 1.82) is 5.41 Å². The minimum atomic E-state index is -1.13. The molecule has 5 rings (SSSR count). The number of carbonyl (C=O) groups excluding carboxylic acids is 1. The third kappa shape index (κ3) is 5.35. The van der Waals surface area contributed by atoms with Crippen molar-refractivity contribution in [3.05, 3.63) is 76.6 Å². The van der Waals surface area contributed by atoms with Gasteiger partial charge in [-0.15, -0.1) is 0 Å². The maximum Gasteiger partial charge on any atom is 0.320 e. The van der Waals surface area contributed by atoms with Gasteiger partial charge in [0, 0.05) is 51.3 Å². The van der Waals surface area contributed by atoms with E-state index in [1.807, 2.05) is 28.0 Å². The number of hydrogen-bond donors (Lipinski definition) is 4. The number of hydrogen-bond acceptors (Lipinski definition) is 7. The summed E-state index contributed by atoms with van der Waals surface area (Å²) in [4.78, 5) is 35.1. The molecule has 2 aliphatic heterocycles. The molecule has 10 heteroatoms. The van der Waals surface area contributed by atoms with Crippen LogP contribution < -0.4 is 16.2 Å². The van der Waals surface area contributed by atoms with Gasteiger partial charge in [0.05, 0.1) is 35.9 Å². The molecule has 39 heavy (non-hydrogen) atoms. The van der Waals surface area contributed by atoms with Gasteiger partial charge in [-0.25, -0.2) is 9.78 Å². The van der Waals surface area contributed by atoms with Crippen molar-refractivity contribution in [3.8, 4) is 0 Å². The van der Waals surface area contributed by atoms with Gasteiger partial charge in [-0.3, -0.25) is 14.8 Å². The molecule has 3 fully saturated rings. The summed E-state index contributed by atoms with van der Waals surface area (Å²) in [7, 11) is 1.74. The van der Waals surface area contributed by atoms with Crippen LogP contribution in [0.25, 0.3) is 0 Å². The Morgan fingerprint density at radius 2 is 2.00 bits per heavy atom. The normalized spacial score (nSPS) is 24.8. The molecule has 1 aliphatic carbocycles. The summed E-state index contributed by atoms with van der Waals surface area (Å²) in [6.07, 6.45) is 8.60. The highest BCUT2D eigenvalue weighted by molar-refractivity contribution is 6.04. The molecule has 0 radical (unpaired) electrons. The van der Waals surface area contributed by atoms with Crippen molar-refractivity contribution < 1.29 is 9.90 Å². The predicted octanol–water partition coefficient (Wildman–Crippen LogP) is 2.11. The van der Waals surface area contributed by atoms with Crippen LogP contribution >= 0.6 is 0 Å². The number of aliphatic hydroxyl groups is 1. The van der Waals surface area contributed by atoms with Crippen LogP contribution in [0.5, 0.6) is 0 Å². The third-order valence-corrected chi connectivity index (χ3v) is 8.78. The minimum absolute atomic E-state index is 0.0231. The summed E-state index contributed by atoms with van der Waals surface area (Å²) in [5.41, 5.74) is -0.365. The first-order valence-corrected chi connectivity index (χ1v) is 13.9. The molecule has 2 saturated heterocycles. The maximum atomic E-state index is 13.9. The van der Waals surface area contributed by atoms with Crippen molar-refractivity contribution in [2.45, 2.75) is 50.3 Å². The number of amides is 2. The summed E-state index contributed by atoms with van der Waals surface area (Å²) in [6.45, 7) is 3.15. The fourth-order valence-corrected chi connectivity index (χ4v) is 6.58. The van der Waals surface area contributed by atoms with Gasteiger partial charge in [0.2, 0.25) is 0 Å². The molecule has 1 aromatic heterocycles. The number of piperidine rings is 1. The van der Waals surface area contributed by atoms with Crippen LogP contribution in [-0.2, 0) is 6.54 Å². The number of benzene rings is 1. The van der Waals surface area contributed by atoms with Crippen molar-refractivity contribution in [2.24, 2.45) is 5.41 Å². The van der Waals surface area contributed by atoms with E-state index in [0.29, 0.717) is 32.6 Å². The summed E-state index contributed by atoms with van der Waals surface area (Å²) >= 11 is 0. The Kier molecular flexibility index (Phi) is 7.86. The molecule has 0 unspecified atom stereocenters.